The molecule has 125 heavy (non-hydrogen) atoms. The van der Waals surface area contributed by atoms with E-state index in [1.807, 2.05) is 97.1 Å². The number of aromatic nitrogens is 8. The Balaban J connectivity index is 0.000000102. The van der Waals surface area contributed by atoms with Crippen molar-refractivity contribution in [2.45, 2.75) is 79.1 Å². The Morgan fingerprint density at radius 2 is 0.352 bits per heavy atom. The maximum absolute atomic E-state index is 4.95. The Morgan fingerprint density at radius 3 is 0.544 bits per heavy atom. The zero-order chi connectivity index (χ0) is 83.1. The van der Waals surface area contributed by atoms with Gasteiger partial charge < -0.3 is 29.9 Å². The molecule has 3 aromatic heterocycles. The molecule has 16 aromatic carbocycles. The standard InChI is InChI=1S/C32H16N8.4C21H18.Cu/c1-2-10-18-17(9-1)25-33-26(18)38-28-21-13-5-6-14-22(21)30(35-28)40-32-24-16-8-7-15-23(24)31(36-32)39-29-20-12-4-3-11-19(20)27(34-29)37-25;4*1-15-4-2-5-17(12-15)18-6-3-7-19(13-18)21-11-9-16-8-10-20(16)14-21;/h1-16H;4*2-7,9,11-14H,8,10H2,1H3;/q-2;;;;;+2. The summed E-state index contributed by atoms with van der Waals surface area (Å²) < 4.78 is 0. The first-order chi connectivity index (χ1) is 61.0. The van der Waals surface area contributed by atoms with Crippen LogP contribution in [0.1, 0.15) is 66.8 Å². The van der Waals surface area contributed by atoms with Gasteiger partial charge in [-0.1, -0.05) is 362 Å². The minimum atomic E-state index is 0. The maximum Gasteiger partial charge on any atom is 2.00 e. The van der Waals surface area contributed by atoms with Crippen LogP contribution < -0.4 is 9.97 Å². The average Bonchev–Trinajstić information content (AvgIpc) is 1.56. The molecule has 5 heterocycles. The maximum atomic E-state index is 4.95. The average molecular weight is 1660 g/mol. The van der Waals surface area contributed by atoms with Gasteiger partial charge in [0.2, 0.25) is 0 Å². The summed E-state index contributed by atoms with van der Waals surface area (Å²) >= 11 is 0. The Kier molecular flexibility index (Phi) is 21.7. The van der Waals surface area contributed by atoms with Crippen molar-refractivity contribution in [2.24, 2.45) is 0 Å². The van der Waals surface area contributed by atoms with Gasteiger partial charge in [0.25, 0.3) is 0 Å². The molecule has 0 spiro atoms. The van der Waals surface area contributed by atoms with Gasteiger partial charge in [-0.15, -0.1) is 0 Å². The quantitative estimate of drug-likeness (QED) is 0.139. The van der Waals surface area contributed by atoms with Crippen molar-refractivity contribution < 1.29 is 17.1 Å². The molecule has 19 aromatic rings. The molecule has 1 radical (unpaired) electrons. The second-order valence-electron chi connectivity index (χ2n) is 33.4. The number of benzene rings is 16. The van der Waals surface area contributed by atoms with Crippen LogP contribution in [0.2, 0.25) is 0 Å². The third-order valence-corrected chi connectivity index (χ3v) is 25.0. The number of rotatable bonds is 8. The topological polar surface area (TPSA) is 106 Å². The van der Waals surface area contributed by atoms with Crippen molar-refractivity contribution in [1.29, 1.82) is 0 Å². The van der Waals surface area contributed by atoms with Gasteiger partial charge >= 0.3 is 17.1 Å². The molecular weight excluding hydrogens is 1570 g/mol. The summed E-state index contributed by atoms with van der Waals surface area (Å²) in [6, 6.07) is 130. The summed E-state index contributed by atoms with van der Waals surface area (Å²) in [6.07, 6.45) is 9.94. The summed E-state index contributed by atoms with van der Waals surface area (Å²) in [7, 11) is 0. The normalized spacial score (nSPS) is 12.3. The van der Waals surface area contributed by atoms with Crippen molar-refractivity contribution in [3.8, 4) is 135 Å². The molecule has 0 saturated carbocycles. The van der Waals surface area contributed by atoms with E-state index in [4.69, 9.17) is 39.9 Å². The molecule has 25 rings (SSSR count). The van der Waals surface area contributed by atoms with Gasteiger partial charge in [0.15, 0.2) is 0 Å². The van der Waals surface area contributed by atoms with Crippen LogP contribution in [-0.2, 0) is 68.4 Å². The predicted molar refractivity (Wildman–Crippen MR) is 512 cm³/mol. The molecule has 8 nitrogen and oxygen atoms in total. The van der Waals surface area contributed by atoms with Crippen LogP contribution in [0, 0.1) is 27.7 Å². The van der Waals surface area contributed by atoms with Crippen molar-refractivity contribution in [3.63, 3.8) is 0 Å². The Bertz CT molecular complexity index is 6710. The summed E-state index contributed by atoms with van der Waals surface area (Å²) in [4.78, 5) is 39.3. The zero-order valence-corrected chi connectivity index (χ0v) is 71.1. The third-order valence-electron chi connectivity index (χ3n) is 25.0. The van der Waals surface area contributed by atoms with Gasteiger partial charge in [-0.2, -0.15) is 0 Å². The van der Waals surface area contributed by atoms with Gasteiger partial charge in [0.05, 0.1) is 23.3 Å². The number of aryl methyl sites for hydroxylation is 12. The van der Waals surface area contributed by atoms with E-state index < -0.39 is 0 Å². The van der Waals surface area contributed by atoms with Gasteiger partial charge in [0, 0.05) is 44.8 Å². The van der Waals surface area contributed by atoms with Crippen molar-refractivity contribution in [1.82, 2.24) is 39.9 Å². The number of fused-ring (bicyclic) bond motifs is 24. The first-order valence-corrected chi connectivity index (χ1v) is 43.2. The Morgan fingerprint density at radius 1 is 0.168 bits per heavy atom. The smallest absolute Gasteiger partial charge is 0.357 e. The van der Waals surface area contributed by atoms with E-state index in [-0.39, 0.29) is 17.1 Å². The minimum Gasteiger partial charge on any atom is -0.357 e. The molecular formula is C116H88CuN8. The van der Waals surface area contributed by atoms with E-state index in [9.17, 15) is 0 Å². The van der Waals surface area contributed by atoms with Crippen LogP contribution in [0.15, 0.2) is 364 Å². The summed E-state index contributed by atoms with van der Waals surface area (Å²) in [5.41, 5.74) is 44.1. The molecule has 4 aliphatic carbocycles. The van der Waals surface area contributed by atoms with E-state index in [2.05, 4.69) is 295 Å². The monoisotopic (exact) mass is 1660 g/mol. The fourth-order valence-electron chi connectivity index (χ4n) is 17.8. The molecule has 0 N–H and O–H groups in total. The molecule has 0 amide bonds. The SMILES string of the molecule is Cc1cccc(-c2cccc(-c3ccc4c(c3)CC4)c2)c1.Cc1cccc(-c2cccc(-c3ccc4c(c3)CC4)c2)c1.Cc1cccc(-c2cccc(-c3ccc4c(c3)CC4)c2)c1.Cc1cccc(-c2cccc(-c3ccc4c(c3)CC4)c2)c1.[Cu+2].c1ccc2c(c1)-c1nc-2nc2[n-]c(nc3nc(nc4[n-]c(n1)c1ccccc41)-c1ccccc1-3)c1ccccc21. The number of hydrogen-bond donors (Lipinski definition) is 0. The first-order valence-electron chi connectivity index (χ1n) is 43.2. The van der Waals surface area contributed by atoms with Crippen LogP contribution in [0.5, 0.6) is 0 Å². The van der Waals surface area contributed by atoms with Crippen molar-refractivity contribution in [3.05, 3.63) is 431 Å². The molecule has 0 saturated heterocycles. The first kappa shape index (κ1) is 78.9. The van der Waals surface area contributed by atoms with Crippen LogP contribution >= 0.6 is 0 Å². The van der Waals surface area contributed by atoms with Gasteiger partial charge in [-0.25, -0.2) is 9.97 Å². The predicted octanol–water partition coefficient (Wildman–Crippen LogP) is 27.8. The second-order valence-corrected chi connectivity index (χ2v) is 33.4. The molecule has 0 atom stereocenters. The molecule has 6 aliphatic rings. The molecule has 8 bridgehead atoms. The second kappa shape index (κ2) is 34.4. The fourth-order valence-corrected chi connectivity index (χ4v) is 17.8. The molecule has 0 unspecified atom stereocenters. The van der Waals surface area contributed by atoms with Crippen LogP contribution in [0.25, 0.3) is 179 Å². The fraction of sp³-hybridized carbons (Fsp3) is 0.103. The zero-order valence-electron chi connectivity index (χ0n) is 70.2. The summed E-state index contributed by atoms with van der Waals surface area (Å²) in [5, 5.41) is 3.57. The van der Waals surface area contributed by atoms with Gasteiger partial charge in [-0.05, 0) is 258 Å². The minimum absolute atomic E-state index is 0. The Labute approximate surface area is 740 Å². The third kappa shape index (κ3) is 16.4. The Hall–Kier alpha value is -14.6. The van der Waals surface area contributed by atoms with E-state index in [1.54, 1.807) is 0 Å². The molecule has 603 valence electrons. The summed E-state index contributed by atoms with van der Waals surface area (Å²) in [5.74, 6) is 2.21. The van der Waals surface area contributed by atoms with Gasteiger partial charge in [0.1, 0.15) is 0 Å². The number of hydrogen-bond acceptors (Lipinski definition) is 6. The van der Waals surface area contributed by atoms with Gasteiger partial charge in [-0.3, -0.25) is 0 Å². The summed E-state index contributed by atoms with van der Waals surface area (Å²) in [6.45, 7) is 8.57. The van der Waals surface area contributed by atoms with Crippen molar-refractivity contribution in [2.75, 3.05) is 0 Å². The van der Waals surface area contributed by atoms with E-state index in [1.165, 1.54) is 207 Å². The van der Waals surface area contributed by atoms with Crippen LogP contribution in [0.3, 0.4) is 0 Å². The van der Waals surface area contributed by atoms with Crippen molar-refractivity contribution >= 4 is 44.1 Å². The molecule has 0 fully saturated rings. The molecule has 2 aliphatic heterocycles. The van der Waals surface area contributed by atoms with E-state index in [0.29, 0.717) is 45.9 Å². The van der Waals surface area contributed by atoms with Crippen LogP contribution in [-0.4, -0.2) is 29.9 Å². The van der Waals surface area contributed by atoms with E-state index >= 15 is 0 Å². The number of nitrogens with zero attached hydrogens (tertiary/aromatic N) is 8. The molecule has 9 heteroatoms. The largest absolute Gasteiger partial charge is 2.00 e. The van der Waals surface area contributed by atoms with Crippen LogP contribution in [0.4, 0.5) is 0 Å². The van der Waals surface area contributed by atoms with E-state index in [0.717, 1.165) is 43.8 Å².